The summed E-state index contributed by atoms with van der Waals surface area (Å²) in [5, 5.41) is 10.5. The van der Waals surface area contributed by atoms with Crippen LogP contribution in [0.3, 0.4) is 0 Å². The van der Waals surface area contributed by atoms with Crippen molar-refractivity contribution in [1.82, 2.24) is 21.3 Å². The number of carbonyl (C=O) groups excluding carboxylic acids is 5. The summed E-state index contributed by atoms with van der Waals surface area (Å²) in [7, 11) is 0. The molecule has 0 heterocycles. The van der Waals surface area contributed by atoms with E-state index in [2.05, 4.69) is 21.3 Å². The Balaban J connectivity index is 5.22. The number of nitrogens with one attached hydrogen (secondary N) is 4. The van der Waals surface area contributed by atoms with Crippen LogP contribution in [-0.4, -0.2) is 66.8 Å². The summed E-state index contributed by atoms with van der Waals surface area (Å²) in [5.74, 6) is -3.14. The molecule has 10 N–H and O–H groups in total. The summed E-state index contributed by atoms with van der Waals surface area (Å²) in [6, 6.07) is -3.65. The first-order valence-electron chi connectivity index (χ1n) is 12.8. The van der Waals surface area contributed by atoms with Gasteiger partial charge in [0, 0.05) is 5.92 Å². The zero-order valence-corrected chi connectivity index (χ0v) is 22.4. The first kappa shape index (κ1) is 33.3. The van der Waals surface area contributed by atoms with Crippen LogP contribution in [0, 0.1) is 11.8 Å². The van der Waals surface area contributed by atoms with Crippen LogP contribution in [-0.2, 0) is 24.0 Å². The molecule has 5 atom stereocenters. The SMILES string of the molecule is CC(C)[C@H](NC(=O)[C@H](C)NC(=O)[C@@H](C)CCCCN)C(=O)N[C@@H](CCCCN)C(=O)N[C@@H](C)C(N)=O. The molecule has 0 aliphatic heterocycles. The van der Waals surface area contributed by atoms with E-state index in [-0.39, 0.29) is 17.7 Å². The largest absolute Gasteiger partial charge is 0.368 e. The van der Waals surface area contributed by atoms with E-state index in [9.17, 15) is 24.0 Å². The molecule has 0 spiro atoms. The van der Waals surface area contributed by atoms with Crippen molar-refractivity contribution in [2.75, 3.05) is 13.1 Å². The first-order chi connectivity index (χ1) is 16.8. The molecule has 12 heteroatoms. The minimum Gasteiger partial charge on any atom is -0.368 e. The Labute approximate surface area is 214 Å². The lowest BCUT2D eigenvalue weighted by Crippen LogP contribution is -2.58. The zero-order valence-electron chi connectivity index (χ0n) is 22.4. The lowest BCUT2D eigenvalue weighted by Gasteiger charge is -2.27. The molecular formula is C24H47N7O5. The maximum absolute atomic E-state index is 13.1. The second kappa shape index (κ2) is 17.7. The fourth-order valence-electron chi connectivity index (χ4n) is 3.37. The Morgan fingerprint density at radius 1 is 0.611 bits per heavy atom. The fraction of sp³-hybridized carbons (Fsp3) is 0.792. The van der Waals surface area contributed by atoms with E-state index in [4.69, 9.17) is 17.2 Å². The van der Waals surface area contributed by atoms with Gasteiger partial charge in [-0.05, 0) is 65.0 Å². The molecule has 0 saturated carbocycles. The van der Waals surface area contributed by atoms with Crippen molar-refractivity contribution >= 4 is 29.5 Å². The molecule has 0 aromatic heterocycles. The van der Waals surface area contributed by atoms with E-state index in [0.29, 0.717) is 38.8 Å². The van der Waals surface area contributed by atoms with Gasteiger partial charge in [0.15, 0.2) is 0 Å². The van der Waals surface area contributed by atoms with Gasteiger partial charge in [-0.25, -0.2) is 0 Å². The van der Waals surface area contributed by atoms with Crippen LogP contribution in [0.15, 0.2) is 0 Å². The molecule has 0 saturated heterocycles. The predicted octanol–water partition coefficient (Wildman–Crippen LogP) is -0.999. The van der Waals surface area contributed by atoms with Crippen molar-refractivity contribution in [3.05, 3.63) is 0 Å². The summed E-state index contributed by atoms with van der Waals surface area (Å²) in [5.41, 5.74) is 16.2. The average Bonchev–Trinajstić information content (AvgIpc) is 2.81. The van der Waals surface area contributed by atoms with Crippen LogP contribution in [0.5, 0.6) is 0 Å². The summed E-state index contributed by atoms with van der Waals surface area (Å²) in [4.78, 5) is 62.2. The molecule has 208 valence electrons. The predicted molar refractivity (Wildman–Crippen MR) is 138 cm³/mol. The van der Waals surface area contributed by atoms with Crippen LogP contribution >= 0.6 is 0 Å². The van der Waals surface area contributed by atoms with E-state index in [1.54, 1.807) is 27.7 Å². The van der Waals surface area contributed by atoms with E-state index < -0.39 is 47.8 Å². The Kier molecular flexibility index (Phi) is 16.3. The van der Waals surface area contributed by atoms with Crippen molar-refractivity contribution in [3.8, 4) is 0 Å². The van der Waals surface area contributed by atoms with Crippen molar-refractivity contribution in [2.45, 2.75) is 97.3 Å². The first-order valence-corrected chi connectivity index (χ1v) is 12.8. The Bertz CT molecular complexity index is 732. The molecule has 5 amide bonds. The molecule has 0 radical (unpaired) electrons. The Hall–Kier alpha value is -2.73. The summed E-state index contributed by atoms with van der Waals surface area (Å²) in [6.07, 6.45) is 3.83. The Morgan fingerprint density at radius 2 is 1.14 bits per heavy atom. The van der Waals surface area contributed by atoms with Crippen molar-refractivity contribution < 1.29 is 24.0 Å². The molecule has 36 heavy (non-hydrogen) atoms. The number of hydrogen-bond acceptors (Lipinski definition) is 7. The van der Waals surface area contributed by atoms with Crippen LogP contribution in [0.25, 0.3) is 0 Å². The van der Waals surface area contributed by atoms with Gasteiger partial charge in [-0.15, -0.1) is 0 Å². The maximum Gasteiger partial charge on any atom is 0.243 e. The summed E-state index contributed by atoms with van der Waals surface area (Å²) < 4.78 is 0. The number of hydrogen-bond donors (Lipinski definition) is 7. The second-order valence-corrected chi connectivity index (χ2v) is 9.62. The molecule has 0 unspecified atom stereocenters. The van der Waals surface area contributed by atoms with E-state index in [0.717, 1.165) is 12.8 Å². The number of unbranched alkanes of at least 4 members (excludes halogenated alkanes) is 2. The summed E-state index contributed by atoms with van der Waals surface area (Å²) >= 11 is 0. The molecule has 0 fully saturated rings. The number of rotatable bonds is 18. The lowest BCUT2D eigenvalue weighted by molar-refractivity contribution is -0.135. The van der Waals surface area contributed by atoms with Gasteiger partial charge < -0.3 is 38.5 Å². The number of carbonyl (C=O) groups is 5. The standard InChI is InChI=1S/C24H47N7O5/c1-14(2)19(31-22(34)17(5)29-21(33)15(3)10-6-8-12-25)24(36)30-18(11-7-9-13-26)23(35)28-16(4)20(27)32/h14-19H,6-13,25-26H2,1-5H3,(H2,27,32)(H,28,35)(H,29,33)(H,30,36)(H,31,34)/t15-,16-,17-,18-,19-/m0/s1. The molecule has 0 aromatic rings. The van der Waals surface area contributed by atoms with Crippen LogP contribution in [0.2, 0.25) is 0 Å². The number of primary amides is 1. The molecular weight excluding hydrogens is 466 g/mol. The van der Waals surface area contributed by atoms with Crippen molar-refractivity contribution in [1.29, 1.82) is 0 Å². The fourth-order valence-corrected chi connectivity index (χ4v) is 3.37. The van der Waals surface area contributed by atoms with Gasteiger partial charge in [0.2, 0.25) is 29.5 Å². The van der Waals surface area contributed by atoms with Crippen molar-refractivity contribution in [3.63, 3.8) is 0 Å². The quantitative estimate of drug-likeness (QED) is 0.113. The second-order valence-electron chi connectivity index (χ2n) is 9.62. The molecule has 12 nitrogen and oxygen atoms in total. The highest BCUT2D eigenvalue weighted by Gasteiger charge is 2.31. The van der Waals surface area contributed by atoms with E-state index in [1.807, 2.05) is 0 Å². The van der Waals surface area contributed by atoms with E-state index >= 15 is 0 Å². The minimum atomic E-state index is -0.947. The van der Waals surface area contributed by atoms with Gasteiger partial charge in [-0.1, -0.05) is 27.2 Å². The average molecular weight is 514 g/mol. The molecule has 0 rings (SSSR count). The zero-order chi connectivity index (χ0) is 27.8. The smallest absolute Gasteiger partial charge is 0.243 e. The number of amides is 5. The van der Waals surface area contributed by atoms with Gasteiger partial charge in [-0.3, -0.25) is 24.0 Å². The van der Waals surface area contributed by atoms with Gasteiger partial charge in [0.05, 0.1) is 0 Å². The number of nitrogens with two attached hydrogens (primary N) is 3. The minimum absolute atomic E-state index is 0.250. The van der Waals surface area contributed by atoms with E-state index in [1.165, 1.54) is 6.92 Å². The summed E-state index contributed by atoms with van der Waals surface area (Å²) in [6.45, 7) is 9.29. The monoisotopic (exact) mass is 513 g/mol. The third kappa shape index (κ3) is 12.8. The molecule has 0 aliphatic rings. The van der Waals surface area contributed by atoms with Gasteiger partial charge in [0.25, 0.3) is 0 Å². The van der Waals surface area contributed by atoms with Gasteiger partial charge >= 0.3 is 0 Å². The maximum atomic E-state index is 13.1. The van der Waals surface area contributed by atoms with Gasteiger partial charge in [-0.2, -0.15) is 0 Å². The van der Waals surface area contributed by atoms with Crippen LogP contribution in [0.1, 0.15) is 73.1 Å². The third-order valence-electron chi connectivity index (χ3n) is 5.90. The van der Waals surface area contributed by atoms with Crippen LogP contribution in [0.4, 0.5) is 0 Å². The third-order valence-corrected chi connectivity index (χ3v) is 5.90. The topological polar surface area (TPSA) is 212 Å². The lowest BCUT2D eigenvalue weighted by atomic mass is 10.0. The van der Waals surface area contributed by atoms with Gasteiger partial charge in [0.1, 0.15) is 24.2 Å². The molecule has 0 bridgehead atoms. The highest BCUT2D eigenvalue weighted by atomic mass is 16.2. The van der Waals surface area contributed by atoms with Crippen LogP contribution < -0.4 is 38.5 Å². The Morgan fingerprint density at radius 3 is 1.64 bits per heavy atom. The highest BCUT2D eigenvalue weighted by molar-refractivity contribution is 5.95. The van der Waals surface area contributed by atoms with Crippen molar-refractivity contribution in [2.24, 2.45) is 29.0 Å². The highest BCUT2D eigenvalue weighted by Crippen LogP contribution is 2.09. The molecule has 0 aliphatic carbocycles. The molecule has 0 aromatic carbocycles. The normalized spacial score (nSPS) is 15.2.